The molecule has 0 aliphatic heterocycles. The fourth-order valence-corrected chi connectivity index (χ4v) is 6.40. The van der Waals surface area contributed by atoms with Crippen molar-refractivity contribution in [2.75, 3.05) is 6.61 Å². The van der Waals surface area contributed by atoms with Gasteiger partial charge in [0.2, 0.25) is 17.7 Å². The number of hydrogen-bond donors (Lipinski definition) is 4. The lowest BCUT2D eigenvalue weighted by Crippen LogP contribution is -2.57. The fraction of sp³-hybridized carbons (Fsp3) is 0.256. The number of fused-ring (bicyclic) bond motifs is 3. The molecule has 0 fully saturated rings. The van der Waals surface area contributed by atoms with E-state index in [1.807, 2.05) is 97.1 Å². The summed E-state index contributed by atoms with van der Waals surface area (Å²) in [7, 11) is 0. The van der Waals surface area contributed by atoms with Gasteiger partial charge in [-0.25, -0.2) is 4.79 Å². The molecule has 0 spiro atoms. The van der Waals surface area contributed by atoms with Crippen LogP contribution in [0.15, 0.2) is 135 Å². The zero-order valence-electron chi connectivity index (χ0n) is 29.3. The first-order chi connectivity index (χ1) is 25.4. The minimum Gasteiger partial charge on any atom is -0.449 e. The molecule has 9 heteroatoms. The summed E-state index contributed by atoms with van der Waals surface area (Å²) in [6, 6.07) is 32.0. The molecular weight excluding hydrogens is 652 g/mol. The Kier molecular flexibility index (Phi) is 13.5. The van der Waals surface area contributed by atoms with Gasteiger partial charge in [0.25, 0.3) is 0 Å². The highest BCUT2D eigenvalue weighted by atomic mass is 16.5. The van der Waals surface area contributed by atoms with Gasteiger partial charge in [0, 0.05) is 18.9 Å². The Morgan fingerprint density at radius 3 is 1.65 bits per heavy atom. The van der Waals surface area contributed by atoms with E-state index in [1.165, 1.54) is 0 Å². The third kappa shape index (κ3) is 10.1. The SMILES string of the molecule is C=CCC[C@H](NC(=O)OCC1c2ccccc2-c2ccccc21)C(=O)N[C@@H](Cc1ccccc1)C(=O)N[C@@H](CCC=C)C(=O)NCc1ccccc1. The largest absolute Gasteiger partial charge is 0.449 e. The molecule has 0 saturated carbocycles. The molecule has 3 atom stereocenters. The maximum Gasteiger partial charge on any atom is 0.407 e. The summed E-state index contributed by atoms with van der Waals surface area (Å²) in [5, 5.41) is 11.3. The van der Waals surface area contributed by atoms with E-state index in [9.17, 15) is 19.2 Å². The van der Waals surface area contributed by atoms with E-state index in [-0.39, 0.29) is 31.3 Å². The van der Waals surface area contributed by atoms with Gasteiger partial charge in [-0.05, 0) is 59.1 Å². The van der Waals surface area contributed by atoms with Gasteiger partial charge >= 0.3 is 6.09 Å². The molecule has 1 aliphatic carbocycles. The van der Waals surface area contributed by atoms with E-state index in [0.717, 1.165) is 33.4 Å². The highest BCUT2D eigenvalue weighted by Crippen LogP contribution is 2.44. The molecule has 4 aromatic rings. The van der Waals surface area contributed by atoms with Crippen molar-refractivity contribution >= 4 is 23.8 Å². The van der Waals surface area contributed by atoms with Crippen molar-refractivity contribution in [3.8, 4) is 11.1 Å². The predicted molar refractivity (Wildman–Crippen MR) is 203 cm³/mol. The molecular formula is C43H46N4O5. The molecule has 52 heavy (non-hydrogen) atoms. The summed E-state index contributed by atoms with van der Waals surface area (Å²) in [4.78, 5) is 54.2. The average molecular weight is 699 g/mol. The van der Waals surface area contributed by atoms with E-state index < -0.39 is 36.0 Å². The van der Waals surface area contributed by atoms with Crippen LogP contribution in [-0.4, -0.2) is 48.5 Å². The number of carbonyl (C=O) groups excluding carboxylic acids is 4. The predicted octanol–water partition coefficient (Wildman–Crippen LogP) is 6.35. The van der Waals surface area contributed by atoms with Crippen LogP contribution in [0, 0.1) is 0 Å². The Labute approximate surface area is 305 Å². The molecule has 0 unspecified atom stereocenters. The number of hydrogen-bond acceptors (Lipinski definition) is 5. The van der Waals surface area contributed by atoms with Gasteiger partial charge < -0.3 is 26.0 Å². The first-order valence-electron chi connectivity index (χ1n) is 17.7. The first kappa shape index (κ1) is 37.3. The Bertz CT molecular complexity index is 1800. The molecule has 9 nitrogen and oxygen atoms in total. The summed E-state index contributed by atoms with van der Waals surface area (Å²) in [6.45, 7) is 7.93. The van der Waals surface area contributed by atoms with Crippen LogP contribution >= 0.6 is 0 Å². The maximum absolute atomic E-state index is 13.9. The summed E-state index contributed by atoms with van der Waals surface area (Å²) >= 11 is 0. The quantitative estimate of drug-likeness (QED) is 0.0902. The molecule has 0 saturated heterocycles. The van der Waals surface area contributed by atoms with Crippen molar-refractivity contribution in [2.24, 2.45) is 0 Å². The number of alkyl carbamates (subject to hydrolysis) is 1. The van der Waals surface area contributed by atoms with Crippen molar-refractivity contribution < 1.29 is 23.9 Å². The van der Waals surface area contributed by atoms with Crippen LogP contribution in [0.4, 0.5) is 4.79 Å². The Morgan fingerprint density at radius 2 is 1.08 bits per heavy atom. The van der Waals surface area contributed by atoms with Gasteiger partial charge in [-0.15, -0.1) is 13.2 Å². The van der Waals surface area contributed by atoms with Crippen molar-refractivity contribution in [2.45, 2.75) is 62.7 Å². The molecule has 0 bridgehead atoms. The lowest BCUT2D eigenvalue weighted by molar-refractivity contribution is -0.132. The standard InChI is InChI=1S/C43H46N4O5/c1-3-5-25-37(40(48)44-28-31-19-11-8-12-20-31)45-42(50)39(27-30-17-9-7-10-18-30)46-41(49)38(26-6-4-2)47-43(51)52-29-36-34-23-15-13-21-32(34)33-22-14-16-24-35(33)36/h3-4,7-24,36-39H,1-2,5-6,25-29H2,(H,44,48)(H,45,50)(H,46,49)(H,47,51)/t37-,38-,39-/m0/s1. The van der Waals surface area contributed by atoms with Gasteiger partial charge in [0.15, 0.2) is 0 Å². The molecule has 0 aromatic heterocycles. The fourth-order valence-electron chi connectivity index (χ4n) is 6.40. The molecule has 5 rings (SSSR count). The van der Waals surface area contributed by atoms with E-state index in [1.54, 1.807) is 12.2 Å². The monoisotopic (exact) mass is 698 g/mol. The second kappa shape index (κ2) is 18.9. The average Bonchev–Trinajstić information content (AvgIpc) is 3.50. The Morgan fingerprint density at radius 1 is 0.596 bits per heavy atom. The van der Waals surface area contributed by atoms with E-state index in [4.69, 9.17) is 4.74 Å². The van der Waals surface area contributed by atoms with Gasteiger partial charge in [-0.3, -0.25) is 14.4 Å². The maximum atomic E-state index is 13.9. The van der Waals surface area contributed by atoms with Crippen LogP contribution in [0.5, 0.6) is 0 Å². The topological polar surface area (TPSA) is 126 Å². The molecule has 268 valence electrons. The molecule has 4 aromatic carbocycles. The smallest absolute Gasteiger partial charge is 0.407 e. The lowest BCUT2D eigenvalue weighted by atomic mass is 9.98. The zero-order valence-corrected chi connectivity index (χ0v) is 29.3. The van der Waals surface area contributed by atoms with E-state index >= 15 is 0 Å². The number of nitrogens with one attached hydrogen (secondary N) is 4. The number of amides is 4. The van der Waals surface area contributed by atoms with Crippen molar-refractivity contribution in [1.29, 1.82) is 0 Å². The first-order valence-corrected chi connectivity index (χ1v) is 17.7. The summed E-state index contributed by atoms with van der Waals surface area (Å²) in [5.41, 5.74) is 6.11. The van der Waals surface area contributed by atoms with Crippen LogP contribution in [0.2, 0.25) is 0 Å². The number of carbonyl (C=O) groups is 4. The van der Waals surface area contributed by atoms with Crippen molar-refractivity contribution in [3.05, 3.63) is 157 Å². The Hall–Kier alpha value is -5.96. The number of rotatable bonds is 18. The zero-order chi connectivity index (χ0) is 36.7. The minimum absolute atomic E-state index is 0.0904. The number of benzene rings is 4. The van der Waals surface area contributed by atoms with Crippen LogP contribution in [0.25, 0.3) is 11.1 Å². The van der Waals surface area contributed by atoms with Crippen LogP contribution in [-0.2, 0) is 32.1 Å². The van der Waals surface area contributed by atoms with Crippen LogP contribution < -0.4 is 21.3 Å². The Balaban J connectivity index is 1.26. The van der Waals surface area contributed by atoms with E-state index in [0.29, 0.717) is 25.8 Å². The highest BCUT2D eigenvalue weighted by molar-refractivity contribution is 5.94. The molecule has 0 heterocycles. The summed E-state index contributed by atoms with van der Waals surface area (Å²) in [6.07, 6.45) is 4.26. The van der Waals surface area contributed by atoms with Crippen LogP contribution in [0.1, 0.15) is 53.9 Å². The second-order valence-corrected chi connectivity index (χ2v) is 12.8. The molecule has 4 amide bonds. The van der Waals surface area contributed by atoms with Gasteiger partial charge in [0.05, 0.1) is 0 Å². The van der Waals surface area contributed by atoms with Gasteiger partial charge in [-0.1, -0.05) is 121 Å². The van der Waals surface area contributed by atoms with E-state index in [2.05, 4.69) is 46.6 Å². The molecule has 0 radical (unpaired) electrons. The third-order valence-corrected chi connectivity index (χ3v) is 9.13. The lowest BCUT2D eigenvalue weighted by Gasteiger charge is -2.25. The van der Waals surface area contributed by atoms with Crippen molar-refractivity contribution in [3.63, 3.8) is 0 Å². The van der Waals surface area contributed by atoms with Crippen molar-refractivity contribution in [1.82, 2.24) is 21.3 Å². The minimum atomic E-state index is -1.04. The number of allylic oxidation sites excluding steroid dienone is 2. The van der Waals surface area contributed by atoms with Crippen LogP contribution in [0.3, 0.4) is 0 Å². The van der Waals surface area contributed by atoms with Gasteiger partial charge in [0.1, 0.15) is 24.7 Å². The van der Waals surface area contributed by atoms with Gasteiger partial charge in [-0.2, -0.15) is 0 Å². The molecule has 4 N–H and O–H groups in total. The molecule has 1 aliphatic rings. The third-order valence-electron chi connectivity index (χ3n) is 9.13. The highest BCUT2D eigenvalue weighted by Gasteiger charge is 2.32. The summed E-state index contributed by atoms with van der Waals surface area (Å²) < 4.78 is 5.73. The number of ether oxygens (including phenoxy) is 1. The summed E-state index contributed by atoms with van der Waals surface area (Å²) in [5.74, 6) is -1.56. The second-order valence-electron chi connectivity index (χ2n) is 12.8. The normalized spacial score (nSPS) is 13.3.